The third kappa shape index (κ3) is 1.90. The van der Waals surface area contributed by atoms with Gasteiger partial charge in [0, 0.05) is 7.05 Å². The van der Waals surface area contributed by atoms with E-state index in [1.807, 2.05) is 39.8 Å². The van der Waals surface area contributed by atoms with Crippen molar-refractivity contribution in [3.05, 3.63) is 104 Å². The van der Waals surface area contributed by atoms with Crippen LogP contribution in [0.3, 0.4) is 0 Å². The van der Waals surface area contributed by atoms with Gasteiger partial charge in [0.25, 0.3) is 0 Å². The molecule has 2 aromatic carbocycles. The van der Waals surface area contributed by atoms with Crippen molar-refractivity contribution in [2.45, 2.75) is 44.2 Å². The first kappa shape index (κ1) is 18.0. The highest BCUT2D eigenvalue weighted by molar-refractivity contribution is 5.75. The summed E-state index contributed by atoms with van der Waals surface area (Å²) >= 11 is 0. The minimum Gasteiger partial charge on any atom is -0.246 e. The molecule has 1 aliphatic carbocycles. The monoisotopic (exact) mass is 387 g/mol. The molecule has 0 fully saturated rings. The lowest BCUT2D eigenvalue weighted by Crippen LogP contribution is -2.49. The Morgan fingerprint density at radius 2 is 0.966 bits per heavy atom. The van der Waals surface area contributed by atoms with Crippen LogP contribution >= 0.6 is 0 Å². The summed E-state index contributed by atoms with van der Waals surface area (Å²) in [6.45, 7) is 8.18. The van der Waals surface area contributed by atoms with E-state index in [-0.39, 0.29) is 11.4 Å². The van der Waals surface area contributed by atoms with Gasteiger partial charge in [0.15, 0.2) is 0 Å². The van der Waals surface area contributed by atoms with Crippen molar-refractivity contribution in [1.82, 2.24) is 13.9 Å². The highest BCUT2D eigenvalue weighted by atomic mass is 16.2. The Morgan fingerprint density at radius 3 is 1.31 bits per heavy atom. The van der Waals surface area contributed by atoms with Gasteiger partial charge in [0.1, 0.15) is 0 Å². The second kappa shape index (κ2) is 5.29. The summed E-state index contributed by atoms with van der Waals surface area (Å²) in [4.78, 5) is 26.1. The topological polar surface area (TPSA) is 48.9 Å². The molecule has 5 heteroatoms. The second-order valence-corrected chi connectivity index (χ2v) is 9.10. The Hall–Kier alpha value is -3.08. The lowest BCUT2D eigenvalue weighted by molar-refractivity contribution is 0.225. The fourth-order valence-corrected chi connectivity index (χ4v) is 5.66. The third-order valence-electron chi connectivity index (χ3n) is 6.77. The van der Waals surface area contributed by atoms with Crippen molar-refractivity contribution in [3.8, 4) is 0 Å². The predicted octanol–water partition coefficient (Wildman–Crippen LogP) is 3.13. The molecule has 0 atom stereocenters. The summed E-state index contributed by atoms with van der Waals surface area (Å²) < 4.78 is 4.52. The highest BCUT2D eigenvalue weighted by Gasteiger charge is 2.69. The van der Waals surface area contributed by atoms with Gasteiger partial charge < -0.3 is 0 Å². The Balaban J connectivity index is 1.88. The molecule has 148 valence electrons. The number of hydrogen-bond donors (Lipinski definition) is 0. The summed E-state index contributed by atoms with van der Waals surface area (Å²) in [6.07, 6.45) is 0. The molecule has 1 aromatic heterocycles. The Kier molecular flexibility index (Phi) is 3.28. The maximum atomic E-state index is 13.1. The van der Waals surface area contributed by atoms with Crippen LogP contribution in [0, 0.1) is 0 Å². The zero-order chi connectivity index (χ0) is 20.8. The Labute approximate surface area is 169 Å². The molecule has 3 aromatic rings. The smallest absolute Gasteiger partial charge is 0.246 e. The first-order valence-corrected chi connectivity index (χ1v) is 9.97. The number of rotatable bonds is 2. The van der Waals surface area contributed by atoms with Crippen LogP contribution in [-0.2, 0) is 23.5 Å². The Morgan fingerprint density at radius 1 is 0.621 bits per heavy atom. The molecule has 0 saturated heterocycles. The van der Waals surface area contributed by atoms with Crippen LogP contribution < -0.4 is 11.4 Å². The average Bonchev–Trinajstić information content (AvgIpc) is 3.39. The van der Waals surface area contributed by atoms with Crippen LogP contribution in [0.2, 0.25) is 0 Å². The SMILES string of the molecule is Cn1c(=O)n2n(c1=O)C(C)(C)C1=C(C1(c1ccccc1)c1ccccc1)C2(C)C. The summed E-state index contributed by atoms with van der Waals surface area (Å²) in [5.74, 6) is 0. The molecule has 5 nitrogen and oxygen atoms in total. The van der Waals surface area contributed by atoms with Crippen LogP contribution in [0.15, 0.2) is 81.4 Å². The first-order chi connectivity index (χ1) is 13.7. The number of aromatic nitrogens is 3. The van der Waals surface area contributed by atoms with Gasteiger partial charge in [-0.15, -0.1) is 0 Å². The largest absolute Gasteiger partial charge is 0.347 e. The first-order valence-electron chi connectivity index (χ1n) is 9.97. The number of allylic oxidation sites excluding steroid dienone is 2. The minimum absolute atomic E-state index is 0.276. The van der Waals surface area contributed by atoms with Crippen LogP contribution in [0.1, 0.15) is 38.8 Å². The molecule has 0 unspecified atom stereocenters. The van der Waals surface area contributed by atoms with E-state index in [4.69, 9.17) is 0 Å². The fourth-order valence-electron chi connectivity index (χ4n) is 5.66. The summed E-state index contributed by atoms with van der Waals surface area (Å²) in [7, 11) is 1.55. The molecule has 0 spiro atoms. The number of fused-ring (bicyclic) bond motifs is 1. The van der Waals surface area contributed by atoms with Gasteiger partial charge in [-0.05, 0) is 50.0 Å². The number of nitrogens with zero attached hydrogens (tertiary/aromatic N) is 3. The molecule has 2 heterocycles. The van der Waals surface area contributed by atoms with E-state index in [0.717, 1.165) is 0 Å². The third-order valence-corrected chi connectivity index (χ3v) is 6.77. The van der Waals surface area contributed by atoms with Gasteiger partial charge in [0.05, 0.1) is 16.5 Å². The van der Waals surface area contributed by atoms with E-state index in [0.29, 0.717) is 0 Å². The summed E-state index contributed by atoms with van der Waals surface area (Å²) in [6, 6.07) is 20.8. The molecule has 5 rings (SSSR count). The zero-order valence-corrected chi connectivity index (χ0v) is 17.4. The lowest BCUT2D eigenvalue weighted by atomic mass is 9.76. The van der Waals surface area contributed by atoms with Gasteiger partial charge in [-0.1, -0.05) is 60.7 Å². The van der Waals surface area contributed by atoms with Crippen LogP contribution in [0.5, 0.6) is 0 Å². The van der Waals surface area contributed by atoms with Crippen LogP contribution in [0.4, 0.5) is 0 Å². The van der Waals surface area contributed by atoms with Gasteiger partial charge in [-0.2, -0.15) is 0 Å². The van der Waals surface area contributed by atoms with E-state index < -0.39 is 16.5 Å². The van der Waals surface area contributed by atoms with Crippen molar-refractivity contribution < 1.29 is 0 Å². The average molecular weight is 387 g/mol. The highest BCUT2D eigenvalue weighted by Crippen LogP contribution is 2.69. The Bertz CT molecular complexity index is 1190. The van der Waals surface area contributed by atoms with Crippen molar-refractivity contribution in [3.63, 3.8) is 0 Å². The van der Waals surface area contributed by atoms with Gasteiger partial charge in [-0.3, -0.25) is 0 Å². The van der Waals surface area contributed by atoms with Gasteiger partial charge in [0.2, 0.25) is 0 Å². The fraction of sp³-hybridized carbons (Fsp3) is 0.333. The van der Waals surface area contributed by atoms with Gasteiger partial charge >= 0.3 is 11.4 Å². The maximum absolute atomic E-state index is 13.1. The maximum Gasteiger partial charge on any atom is 0.347 e. The molecular formula is C24H25N3O2. The van der Waals surface area contributed by atoms with E-state index in [2.05, 4.69) is 48.5 Å². The molecular weight excluding hydrogens is 362 g/mol. The number of hydrogen-bond acceptors (Lipinski definition) is 2. The van der Waals surface area contributed by atoms with Crippen molar-refractivity contribution in [1.29, 1.82) is 0 Å². The summed E-state index contributed by atoms with van der Waals surface area (Å²) in [5.41, 5.74) is 2.53. The lowest BCUT2D eigenvalue weighted by Gasteiger charge is -2.35. The minimum atomic E-state index is -0.631. The molecule has 0 radical (unpaired) electrons. The van der Waals surface area contributed by atoms with E-state index >= 15 is 0 Å². The molecule has 0 N–H and O–H groups in total. The standard InChI is InChI=1S/C24H25N3O2/c1-22(2)18-19(23(3,4)27-21(29)25(5)20(28)26(22)27)24(18,16-12-8-6-9-13-16)17-14-10-7-11-15-17/h6-15H,1-5H3. The van der Waals surface area contributed by atoms with Crippen molar-refractivity contribution >= 4 is 0 Å². The molecule has 2 aliphatic rings. The van der Waals surface area contributed by atoms with Gasteiger partial charge in [-0.25, -0.2) is 23.5 Å². The summed E-state index contributed by atoms with van der Waals surface area (Å²) in [5, 5.41) is 0. The van der Waals surface area contributed by atoms with E-state index in [1.165, 1.54) is 26.8 Å². The normalized spacial score (nSPS) is 20.2. The molecule has 0 bridgehead atoms. The molecule has 1 aliphatic heterocycles. The van der Waals surface area contributed by atoms with Crippen molar-refractivity contribution in [2.24, 2.45) is 7.05 Å². The second-order valence-electron chi connectivity index (χ2n) is 9.10. The van der Waals surface area contributed by atoms with Crippen LogP contribution in [0.25, 0.3) is 0 Å². The van der Waals surface area contributed by atoms with Crippen LogP contribution in [-0.4, -0.2) is 13.9 Å². The quantitative estimate of drug-likeness (QED) is 0.635. The predicted molar refractivity (Wildman–Crippen MR) is 113 cm³/mol. The number of benzene rings is 2. The molecule has 0 saturated carbocycles. The van der Waals surface area contributed by atoms with Crippen molar-refractivity contribution in [2.75, 3.05) is 0 Å². The molecule has 0 amide bonds. The zero-order valence-electron chi connectivity index (χ0n) is 17.4. The molecule has 29 heavy (non-hydrogen) atoms. The van der Waals surface area contributed by atoms with E-state index in [9.17, 15) is 9.59 Å². The van der Waals surface area contributed by atoms with E-state index in [1.54, 1.807) is 16.4 Å².